The maximum Gasteiger partial charge on any atom is 0.258 e. The highest BCUT2D eigenvalue weighted by Crippen LogP contribution is 2.55. The van der Waals surface area contributed by atoms with Gasteiger partial charge in [0.15, 0.2) is 4.08 Å². The molecule has 2 aromatic rings. The molecule has 0 aliphatic carbocycles. The van der Waals surface area contributed by atoms with Gasteiger partial charge in [0.2, 0.25) is 0 Å². The van der Waals surface area contributed by atoms with Gasteiger partial charge in [-0.1, -0.05) is 52.0 Å². The summed E-state index contributed by atoms with van der Waals surface area (Å²) in [6.45, 7) is 0.711. The molecule has 0 spiro atoms. The number of fused-ring (bicyclic) bond motifs is 1. The van der Waals surface area contributed by atoms with Crippen LogP contribution in [-0.2, 0) is 8.87 Å². The molecular weight excluding hydrogens is 430 g/mol. The first-order valence-electron chi connectivity index (χ1n) is 8.53. The van der Waals surface area contributed by atoms with Crippen LogP contribution in [0.4, 0.5) is 5.69 Å². The van der Waals surface area contributed by atoms with Gasteiger partial charge in [0.1, 0.15) is 5.75 Å². The summed E-state index contributed by atoms with van der Waals surface area (Å²) in [6.07, 6.45) is 4.12. The first-order valence-corrected chi connectivity index (χ1v) is 11.7. The quantitative estimate of drug-likeness (QED) is 0.409. The summed E-state index contributed by atoms with van der Waals surface area (Å²) in [5.74, 6) is 0.946. The second-order valence-corrected chi connectivity index (χ2v) is 9.35. The average molecular weight is 452 g/mol. The Morgan fingerprint density at radius 1 is 1.15 bits per heavy atom. The third-order valence-corrected chi connectivity index (χ3v) is 7.94. The molecule has 1 aliphatic heterocycles. The zero-order valence-electron chi connectivity index (χ0n) is 14.9. The van der Waals surface area contributed by atoms with Gasteiger partial charge in [-0.25, -0.2) is 0 Å². The number of likely N-dealkylation sites (N-methyl/N-ethyl adjacent to an activating group) is 1. The third-order valence-electron chi connectivity index (χ3n) is 4.38. The van der Waals surface area contributed by atoms with Crippen molar-refractivity contribution in [2.45, 2.75) is 21.8 Å². The number of benzene rings is 2. The van der Waals surface area contributed by atoms with Crippen LogP contribution in [0.15, 0.2) is 53.4 Å². The maximum atomic E-state index is 13.2. The van der Waals surface area contributed by atoms with E-state index >= 15 is 0 Å². The lowest BCUT2D eigenvalue weighted by molar-refractivity contribution is -0.118. The number of carbonyl (C=O) groups excluding carboxylic acids is 1. The van der Waals surface area contributed by atoms with Gasteiger partial charge >= 0.3 is 0 Å². The van der Waals surface area contributed by atoms with Gasteiger partial charge in [0, 0.05) is 17.3 Å². The number of carbonyl (C=O) groups is 1. The van der Waals surface area contributed by atoms with Crippen molar-refractivity contribution in [2.24, 2.45) is 0 Å². The number of halogens is 1. The number of hydrogen-bond donors (Lipinski definition) is 0. The SMILES string of the molecule is CSC1(c2ccc(OCCCCBr)cc2)Sc2ccccc2N(C)C1=O. The van der Waals surface area contributed by atoms with Crippen molar-refractivity contribution < 1.29 is 9.53 Å². The molecule has 1 heterocycles. The van der Waals surface area contributed by atoms with Crippen LogP contribution in [0, 0.1) is 0 Å². The molecule has 2 aromatic carbocycles. The molecule has 26 heavy (non-hydrogen) atoms. The van der Waals surface area contributed by atoms with Gasteiger partial charge < -0.3 is 9.64 Å². The van der Waals surface area contributed by atoms with Crippen molar-refractivity contribution in [3.63, 3.8) is 0 Å². The number of anilines is 1. The van der Waals surface area contributed by atoms with Crippen molar-refractivity contribution in [2.75, 3.05) is 30.1 Å². The smallest absolute Gasteiger partial charge is 0.258 e. The summed E-state index contributed by atoms with van der Waals surface area (Å²) >= 11 is 6.63. The van der Waals surface area contributed by atoms with Crippen LogP contribution in [0.2, 0.25) is 0 Å². The number of unbranched alkanes of at least 4 members (excludes halogenated alkanes) is 1. The fourth-order valence-corrected chi connectivity index (χ4v) is 5.86. The highest BCUT2D eigenvalue weighted by Gasteiger charge is 2.47. The minimum Gasteiger partial charge on any atom is -0.494 e. The topological polar surface area (TPSA) is 29.5 Å². The molecule has 3 rings (SSSR count). The zero-order valence-corrected chi connectivity index (χ0v) is 18.1. The zero-order chi connectivity index (χ0) is 18.6. The average Bonchev–Trinajstić information content (AvgIpc) is 2.69. The largest absolute Gasteiger partial charge is 0.494 e. The van der Waals surface area contributed by atoms with Crippen molar-refractivity contribution in [1.29, 1.82) is 0 Å². The fraction of sp³-hybridized carbons (Fsp3) is 0.350. The van der Waals surface area contributed by atoms with Crippen LogP contribution < -0.4 is 9.64 Å². The van der Waals surface area contributed by atoms with Gasteiger partial charge in [0.25, 0.3) is 5.91 Å². The standard InChI is InChI=1S/C20H22BrNO2S2/c1-22-17-7-3-4-8-18(17)26-20(25-2,19(22)23)15-9-11-16(12-10-15)24-14-6-5-13-21/h3-4,7-12H,5-6,13-14H2,1-2H3. The molecule has 0 aromatic heterocycles. The number of thioether (sulfide) groups is 2. The maximum absolute atomic E-state index is 13.2. The number of nitrogens with zero attached hydrogens (tertiary/aromatic N) is 1. The van der Waals surface area contributed by atoms with E-state index in [0.717, 1.165) is 40.1 Å². The molecule has 0 saturated heterocycles. The molecule has 3 nitrogen and oxygen atoms in total. The monoisotopic (exact) mass is 451 g/mol. The molecular formula is C20H22BrNO2S2. The van der Waals surface area contributed by atoms with E-state index in [-0.39, 0.29) is 5.91 Å². The summed E-state index contributed by atoms with van der Waals surface area (Å²) in [5.41, 5.74) is 1.97. The second-order valence-electron chi connectivity index (χ2n) is 6.02. The predicted octanol–water partition coefficient (Wildman–Crippen LogP) is 5.53. The van der Waals surface area contributed by atoms with E-state index < -0.39 is 4.08 Å². The summed E-state index contributed by atoms with van der Waals surface area (Å²) in [4.78, 5) is 16.1. The van der Waals surface area contributed by atoms with Gasteiger partial charge in [-0.05, 0) is 48.9 Å². The van der Waals surface area contributed by atoms with Crippen LogP contribution in [0.3, 0.4) is 0 Å². The van der Waals surface area contributed by atoms with Crippen molar-refractivity contribution in [3.8, 4) is 5.75 Å². The van der Waals surface area contributed by atoms with Crippen molar-refractivity contribution in [1.82, 2.24) is 0 Å². The third kappa shape index (κ3) is 3.78. The number of para-hydroxylation sites is 1. The Morgan fingerprint density at radius 3 is 2.58 bits per heavy atom. The first-order chi connectivity index (χ1) is 12.6. The van der Waals surface area contributed by atoms with E-state index in [1.165, 1.54) is 0 Å². The summed E-state index contributed by atoms with van der Waals surface area (Å²) in [6, 6.07) is 16.0. The molecule has 6 heteroatoms. The summed E-state index contributed by atoms with van der Waals surface area (Å²) in [7, 11) is 1.85. The Bertz CT molecular complexity index is 769. The Morgan fingerprint density at radius 2 is 1.88 bits per heavy atom. The predicted molar refractivity (Wildman–Crippen MR) is 116 cm³/mol. The second kappa shape index (κ2) is 8.72. The number of rotatable bonds is 7. The van der Waals surface area contributed by atoms with Crippen LogP contribution >= 0.6 is 39.5 Å². The minimum absolute atomic E-state index is 0.0969. The van der Waals surface area contributed by atoms with E-state index in [2.05, 4.69) is 22.0 Å². The Kier molecular flexibility index (Phi) is 6.59. The molecule has 0 bridgehead atoms. The van der Waals surface area contributed by atoms with Crippen LogP contribution in [0.5, 0.6) is 5.75 Å². The molecule has 0 radical (unpaired) electrons. The molecule has 0 fully saturated rings. The molecule has 1 aliphatic rings. The van der Waals surface area contributed by atoms with E-state index in [9.17, 15) is 4.79 Å². The van der Waals surface area contributed by atoms with Gasteiger partial charge in [-0.3, -0.25) is 4.79 Å². The lowest BCUT2D eigenvalue weighted by Gasteiger charge is -2.39. The Balaban J connectivity index is 1.85. The number of ether oxygens (including phenoxy) is 1. The van der Waals surface area contributed by atoms with Gasteiger partial charge in [-0.2, -0.15) is 0 Å². The van der Waals surface area contributed by atoms with E-state index in [0.29, 0.717) is 6.61 Å². The van der Waals surface area contributed by atoms with Gasteiger partial charge in [0.05, 0.1) is 12.3 Å². The number of amides is 1. The Hall–Kier alpha value is -1.11. The highest BCUT2D eigenvalue weighted by atomic mass is 79.9. The van der Waals surface area contributed by atoms with Crippen molar-refractivity contribution >= 4 is 51.0 Å². The van der Waals surface area contributed by atoms with E-state index in [4.69, 9.17) is 4.74 Å². The van der Waals surface area contributed by atoms with Crippen LogP contribution in [0.25, 0.3) is 0 Å². The normalized spacial score (nSPS) is 19.3. The molecule has 1 atom stereocenters. The van der Waals surface area contributed by atoms with Crippen LogP contribution in [0.1, 0.15) is 18.4 Å². The molecule has 0 saturated carbocycles. The van der Waals surface area contributed by atoms with Gasteiger partial charge in [-0.15, -0.1) is 11.8 Å². The highest BCUT2D eigenvalue weighted by molar-refractivity contribution is 9.09. The van der Waals surface area contributed by atoms with Crippen molar-refractivity contribution in [3.05, 3.63) is 54.1 Å². The fourth-order valence-electron chi connectivity index (χ4n) is 2.94. The molecule has 138 valence electrons. The lowest BCUT2D eigenvalue weighted by atomic mass is 10.1. The number of hydrogen-bond acceptors (Lipinski definition) is 4. The summed E-state index contributed by atoms with van der Waals surface area (Å²) in [5, 5.41) is 1.000. The lowest BCUT2D eigenvalue weighted by Crippen LogP contribution is -2.44. The van der Waals surface area contributed by atoms with E-state index in [1.54, 1.807) is 28.4 Å². The molecule has 1 amide bonds. The number of alkyl halides is 1. The Labute approximate surface area is 172 Å². The minimum atomic E-state index is -0.669. The molecule has 1 unspecified atom stereocenters. The first kappa shape index (κ1) is 19.6. The summed E-state index contributed by atoms with van der Waals surface area (Å²) < 4.78 is 5.12. The van der Waals surface area contributed by atoms with Crippen LogP contribution in [-0.4, -0.2) is 31.1 Å². The molecule has 0 N–H and O–H groups in total. The van der Waals surface area contributed by atoms with E-state index in [1.807, 2.05) is 55.8 Å².